The number of hydrogen-bond acceptors (Lipinski definition) is 3. The molecule has 1 aromatic rings. The van der Waals surface area contributed by atoms with Crippen molar-refractivity contribution in [1.29, 1.82) is 5.26 Å². The van der Waals surface area contributed by atoms with E-state index in [9.17, 15) is 4.79 Å². The number of amides is 1. The summed E-state index contributed by atoms with van der Waals surface area (Å²) in [5.74, 6) is 0.795. The summed E-state index contributed by atoms with van der Waals surface area (Å²) < 4.78 is 6.12. The highest BCUT2D eigenvalue weighted by Gasteiger charge is 2.25. The molecule has 20 heavy (non-hydrogen) atoms. The minimum atomic E-state index is -0.103. The number of benzene rings is 1. The zero-order valence-electron chi connectivity index (χ0n) is 11.4. The smallest absolute Gasteiger partial charge is 0.223 e. The van der Waals surface area contributed by atoms with E-state index < -0.39 is 0 Å². The third kappa shape index (κ3) is 3.51. The Morgan fingerprint density at radius 2 is 2.35 bits per heavy atom. The molecule has 4 nitrogen and oxygen atoms in total. The van der Waals surface area contributed by atoms with Gasteiger partial charge in [-0.3, -0.25) is 4.79 Å². The van der Waals surface area contributed by atoms with Gasteiger partial charge in [0, 0.05) is 19.5 Å². The molecule has 1 atom stereocenters. The predicted molar refractivity (Wildman–Crippen MR) is 79.3 cm³/mol. The number of methoxy groups -OCH3 is 1. The number of nitriles is 1. The summed E-state index contributed by atoms with van der Waals surface area (Å²) >= 11 is 3.46. The van der Waals surface area contributed by atoms with E-state index in [0.717, 1.165) is 28.6 Å². The van der Waals surface area contributed by atoms with E-state index in [-0.39, 0.29) is 11.8 Å². The largest absolute Gasteiger partial charge is 0.496 e. The number of carbonyl (C=O) groups is 1. The van der Waals surface area contributed by atoms with Crippen LogP contribution in [0.3, 0.4) is 0 Å². The fourth-order valence-corrected chi connectivity index (χ4v) is 2.94. The first kappa shape index (κ1) is 14.9. The fourth-order valence-electron chi connectivity index (χ4n) is 2.35. The molecular weight excluding hydrogens is 320 g/mol. The topological polar surface area (TPSA) is 53.3 Å². The second kappa shape index (κ2) is 6.76. The van der Waals surface area contributed by atoms with Crippen LogP contribution in [-0.2, 0) is 11.2 Å². The van der Waals surface area contributed by atoms with Crippen LogP contribution in [-0.4, -0.2) is 31.0 Å². The predicted octanol–water partition coefficient (Wildman–Crippen LogP) is 2.76. The van der Waals surface area contributed by atoms with E-state index >= 15 is 0 Å². The average Bonchev–Trinajstić information content (AvgIpc) is 2.46. The van der Waals surface area contributed by atoms with Crippen LogP contribution >= 0.6 is 15.9 Å². The molecule has 1 aliphatic heterocycles. The number of carbonyl (C=O) groups excluding carboxylic acids is 1. The summed E-state index contributed by atoms with van der Waals surface area (Å²) in [6.45, 7) is 1.39. The molecule has 2 rings (SSSR count). The van der Waals surface area contributed by atoms with Crippen molar-refractivity contribution < 1.29 is 9.53 Å². The molecule has 0 N–H and O–H groups in total. The van der Waals surface area contributed by atoms with Crippen LogP contribution < -0.4 is 4.74 Å². The van der Waals surface area contributed by atoms with Crippen molar-refractivity contribution >= 4 is 21.8 Å². The quantitative estimate of drug-likeness (QED) is 0.849. The molecule has 1 unspecified atom stereocenters. The lowest BCUT2D eigenvalue weighted by Crippen LogP contribution is -2.39. The van der Waals surface area contributed by atoms with E-state index in [1.807, 2.05) is 23.1 Å². The Bertz CT molecular complexity index is 539. The van der Waals surface area contributed by atoms with Crippen LogP contribution in [0.5, 0.6) is 5.75 Å². The molecule has 0 saturated carbocycles. The van der Waals surface area contributed by atoms with Crippen molar-refractivity contribution in [3.63, 3.8) is 0 Å². The van der Waals surface area contributed by atoms with E-state index in [4.69, 9.17) is 10.00 Å². The van der Waals surface area contributed by atoms with Crippen molar-refractivity contribution in [3.05, 3.63) is 28.2 Å². The molecule has 1 heterocycles. The van der Waals surface area contributed by atoms with Crippen molar-refractivity contribution in [3.8, 4) is 11.8 Å². The number of ether oxygens (including phenoxy) is 1. The van der Waals surface area contributed by atoms with E-state index in [0.29, 0.717) is 19.5 Å². The molecule has 0 spiro atoms. The SMILES string of the molecule is COc1ccc(CCN2CCC(C#N)CC2=O)cc1Br. The lowest BCUT2D eigenvalue weighted by molar-refractivity contribution is -0.134. The van der Waals surface area contributed by atoms with Crippen LogP contribution in [0.4, 0.5) is 0 Å². The maximum atomic E-state index is 11.9. The maximum Gasteiger partial charge on any atom is 0.223 e. The number of halogens is 1. The second-order valence-corrected chi connectivity index (χ2v) is 5.77. The van der Waals surface area contributed by atoms with E-state index in [2.05, 4.69) is 22.0 Å². The lowest BCUT2D eigenvalue weighted by Gasteiger charge is -2.29. The Kier molecular flexibility index (Phi) is 5.02. The van der Waals surface area contributed by atoms with E-state index in [1.54, 1.807) is 7.11 Å². The normalized spacial score (nSPS) is 18.8. The van der Waals surface area contributed by atoms with Gasteiger partial charge in [-0.25, -0.2) is 0 Å². The van der Waals surface area contributed by atoms with Gasteiger partial charge >= 0.3 is 0 Å². The molecule has 0 aromatic heterocycles. The summed E-state index contributed by atoms with van der Waals surface area (Å²) in [5.41, 5.74) is 1.16. The number of likely N-dealkylation sites (tertiary alicyclic amines) is 1. The van der Waals surface area contributed by atoms with Gasteiger partial charge in [0.05, 0.1) is 23.6 Å². The van der Waals surface area contributed by atoms with Crippen LogP contribution in [0.25, 0.3) is 0 Å². The Hall–Kier alpha value is -1.54. The van der Waals surface area contributed by atoms with Crippen LogP contribution in [0, 0.1) is 17.2 Å². The summed E-state index contributed by atoms with van der Waals surface area (Å²) in [6, 6.07) is 8.13. The maximum absolute atomic E-state index is 11.9. The monoisotopic (exact) mass is 336 g/mol. The molecule has 5 heteroatoms. The molecule has 1 aliphatic rings. The van der Waals surface area contributed by atoms with Gasteiger partial charge in [0.1, 0.15) is 5.75 Å². The molecule has 0 radical (unpaired) electrons. The molecule has 0 aliphatic carbocycles. The molecule has 106 valence electrons. The van der Waals surface area contributed by atoms with Gasteiger partial charge in [0.2, 0.25) is 5.91 Å². The summed E-state index contributed by atoms with van der Waals surface area (Å²) in [7, 11) is 1.64. The minimum Gasteiger partial charge on any atom is -0.496 e. The Morgan fingerprint density at radius 3 is 2.95 bits per heavy atom. The first-order chi connectivity index (χ1) is 9.63. The molecule has 1 aromatic carbocycles. The summed E-state index contributed by atoms with van der Waals surface area (Å²) in [4.78, 5) is 13.8. The van der Waals surface area contributed by atoms with Crippen molar-refractivity contribution in [2.24, 2.45) is 5.92 Å². The van der Waals surface area contributed by atoms with Crippen LogP contribution in [0.2, 0.25) is 0 Å². The summed E-state index contributed by atoms with van der Waals surface area (Å²) in [6.07, 6.45) is 1.96. The zero-order valence-corrected chi connectivity index (χ0v) is 13.0. The first-order valence-corrected chi connectivity index (χ1v) is 7.43. The van der Waals surface area contributed by atoms with Gasteiger partial charge in [0.15, 0.2) is 0 Å². The van der Waals surface area contributed by atoms with Crippen LogP contribution in [0.1, 0.15) is 18.4 Å². The molecular formula is C15H17BrN2O2. The lowest BCUT2D eigenvalue weighted by atomic mass is 9.97. The molecule has 1 amide bonds. The Balaban J connectivity index is 1.91. The number of hydrogen-bond donors (Lipinski definition) is 0. The van der Waals surface area contributed by atoms with Gasteiger partial charge in [-0.05, 0) is 46.5 Å². The Labute approximate surface area is 127 Å². The highest BCUT2D eigenvalue weighted by Crippen LogP contribution is 2.26. The fraction of sp³-hybridized carbons (Fsp3) is 0.467. The van der Waals surface area contributed by atoms with Gasteiger partial charge in [-0.1, -0.05) is 6.07 Å². The second-order valence-electron chi connectivity index (χ2n) is 4.92. The minimum absolute atomic E-state index is 0.0929. The van der Waals surface area contributed by atoms with Gasteiger partial charge in [-0.2, -0.15) is 5.26 Å². The zero-order chi connectivity index (χ0) is 14.5. The third-order valence-electron chi connectivity index (χ3n) is 3.59. The van der Waals surface area contributed by atoms with Crippen molar-refractivity contribution in [1.82, 2.24) is 4.90 Å². The van der Waals surface area contributed by atoms with Gasteiger partial charge in [0.25, 0.3) is 0 Å². The standard InChI is InChI=1S/C15H17BrN2O2/c1-20-14-3-2-11(8-13(14)16)4-6-18-7-5-12(10-17)9-15(18)19/h2-3,8,12H,4-7,9H2,1H3. The summed E-state index contributed by atoms with van der Waals surface area (Å²) in [5, 5.41) is 8.85. The average molecular weight is 337 g/mol. The highest BCUT2D eigenvalue weighted by molar-refractivity contribution is 9.10. The van der Waals surface area contributed by atoms with Gasteiger partial charge in [-0.15, -0.1) is 0 Å². The number of piperidine rings is 1. The van der Waals surface area contributed by atoms with Crippen LogP contribution in [0.15, 0.2) is 22.7 Å². The number of rotatable bonds is 4. The molecule has 1 fully saturated rings. The van der Waals surface area contributed by atoms with Crippen molar-refractivity contribution in [2.75, 3.05) is 20.2 Å². The number of nitrogens with zero attached hydrogens (tertiary/aromatic N) is 2. The van der Waals surface area contributed by atoms with E-state index in [1.165, 1.54) is 0 Å². The first-order valence-electron chi connectivity index (χ1n) is 6.64. The highest BCUT2D eigenvalue weighted by atomic mass is 79.9. The molecule has 0 bridgehead atoms. The van der Waals surface area contributed by atoms with Crippen molar-refractivity contribution in [2.45, 2.75) is 19.3 Å². The Morgan fingerprint density at radius 1 is 1.55 bits per heavy atom. The third-order valence-corrected chi connectivity index (χ3v) is 4.21. The van der Waals surface area contributed by atoms with Gasteiger partial charge < -0.3 is 9.64 Å². The molecule has 1 saturated heterocycles.